The highest BCUT2D eigenvalue weighted by Crippen LogP contribution is 2.43. The van der Waals surface area contributed by atoms with Crippen molar-refractivity contribution in [3.05, 3.63) is 119 Å². The number of hydrogen-bond acceptors (Lipinski definition) is 5. The van der Waals surface area contributed by atoms with Gasteiger partial charge in [-0.3, -0.25) is 9.59 Å². The van der Waals surface area contributed by atoms with Gasteiger partial charge in [0, 0.05) is 21.7 Å². The van der Waals surface area contributed by atoms with Crippen molar-refractivity contribution in [2.45, 2.75) is 18.1 Å². The van der Waals surface area contributed by atoms with Crippen LogP contribution in [-0.2, 0) is 24.7 Å². The fraction of sp³-hybridized carbons (Fsp3) is 0.154. The fourth-order valence-electron chi connectivity index (χ4n) is 3.44. The minimum absolute atomic E-state index is 0.0399. The molecule has 1 atom stereocenters. The zero-order valence-corrected chi connectivity index (χ0v) is 18.2. The number of benzene rings is 3. The molecule has 0 unspecified atom stereocenters. The summed E-state index contributed by atoms with van der Waals surface area (Å²) >= 11 is 6.61. The molecule has 3 aromatic rings. The zero-order chi connectivity index (χ0) is 23.0. The van der Waals surface area contributed by atoms with E-state index in [1.165, 1.54) is 6.08 Å². The number of halogens is 1. The highest BCUT2D eigenvalue weighted by molar-refractivity contribution is 6.31. The Balaban J connectivity index is 2.10. The monoisotopic (exact) mass is 449 g/mol. The number of hydrogen-bond donors (Lipinski definition) is 1. The van der Waals surface area contributed by atoms with Crippen LogP contribution in [0.15, 0.2) is 97.6 Å². The fourth-order valence-corrected chi connectivity index (χ4v) is 3.71. The standard InChI is InChI=1S/C26H24ClNO4/c1-2-17-31-24(29)18-23(28)25(30)32-26(19-11-5-3-6-12-19,20-13-7-4-8-14-20)21-15-9-10-16-22(21)27/h2-16,23H,1,17-18,28H2/t23-/m1/s1. The van der Waals surface area contributed by atoms with E-state index in [4.69, 9.17) is 26.8 Å². The number of carbonyl (C=O) groups excluding carboxylic acids is 2. The molecule has 0 bridgehead atoms. The molecule has 0 aromatic heterocycles. The van der Waals surface area contributed by atoms with Crippen LogP contribution in [0.2, 0.25) is 5.02 Å². The second kappa shape index (κ2) is 10.8. The Morgan fingerprint density at radius 3 is 2.00 bits per heavy atom. The predicted molar refractivity (Wildman–Crippen MR) is 124 cm³/mol. The van der Waals surface area contributed by atoms with Crippen LogP contribution in [0.1, 0.15) is 23.1 Å². The SMILES string of the molecule is C=CCOC(=O)C[C@@H](N)C(=O)OC(c1ccccc1)(c1ccccc1)c1ccccc1Cl. The summed E-state index contributed by atoms with van der Waals surface area (Å²) in [7, 11) is 0. The summed E-state index contributed by atoms with van der Waals surface area (Å²) in [5.74, 6) is -1.37. The molecule has 32 heavy (non-hydrogen) atoms. The van der Waals surface area contributed by atoms with Gasteiger partial charge in [-0.1, -0.05) is 103 Å². The smallest absolute Gasteiger partial charge is 0.325 e. The molecule has 3 aromatic carbocycles. The summed E-state index contributed by atoms with van der Waals surface area (Å²) < 4.78 is 11.1. The highest BCUT2D eigenvalue weighted by Gasteiger charge is 2.43. The van der Waals surface area contributed by atoms with Gasteiger partial charge in [0.05, 0.1) is 6.42 Å². The first-order chi connectivity index (χ1) is 15.5. The lowest BCUT2D eigenvalue weighted by atomic mass is 9.80. The van der Waals surface area contributed by atoms with Crippen molar-refractivity contribution >= 4 is 23.5 Å². The van der Waals surface area contributed by atoms with E-state index in [1.807, 2.05) is 66.7 Å². The molecule has 0 saturated carbocycles. The Morgan fingerprint density at radius 1 is 0.938 bits per heavy atom. The van der Waals surface area contributed by atoms with Crippen LogP contribution in [0.4, 0.5) is 0 Å². The summed E-state index contributed by atoms with van der Waals surface area (Å²) in [6.45, 7) is 3.53. The zero-order valence-electron chi connectivity index (χ0n) is 17.4. The first kappa shape index (κ1) is 23.3. The summed E-state index contributed by atoms with van der Waals surface area (Å²) in [6.07, 6.45) is 1.11. The Morgan fingerprint density at radius 2 is 1.47 bits per heavy atom. The molecule has 0 amide bonds. The molecule has 0 spiro atoms. The average molecular weight is 450 g/mol. The van der Waals surface area contributed by atoms with Crippen molar-refractivity contribution in [1.82, 2.24) is 0 Å². The van der Waals surface area contributed by atoms with Crippen molar-refractivity contribution in [3.8, 4) is 0 Å². The van der Waals surface area contributed by atoms with E-state index in [1.54, 1.807) is 18.2 Å². The molecule has 3 rings (SSSR count). The second-order valence-electron chi connectivity index (χ2n) is 7.10. The molecule has 0 aliphatic carbocycles. The minimum atomic E-state index is -1.37. The lowest BCUT2D eigenvalue weighted by Gasteiger charge is -2.36. The van der Waals surface area contributed by atoms with Gasteiger partial charge in [-0.25, -0.2) is 0 Å². The molecule has 0 aliphatic heterocycles. The van der Waals surface area contributed by atoms with E-state index < -0.39 is 23.6 Å². The second-order valence-corrected chi connectivity index (χ2v) is 7.50. The molecular formula is C26H24ClNO4. The third-order valence-corrected chi connectivity index (χ3v) is 5.25. The Kier molecular flexibility index (Phi) is 7.82. The van der Waals surface area contributed by atoms with Crippen molar-refractivity contribution in [2.75, 3.05) is 6.61 Å². The first-order valence-electron chi connectivity index (χ1n) is 10.1. The first-order valence-corrected chi connectivity index (χ1v) is 10.5. The molecular weight excluding hydrogens is 426 g/mol. The van der Waals surface area contributed by atoms with Gasteiger partial charge >= 0.3 is 11.9 Å². The third-order valence-electron chi connectivity index (χ3n) is 4.92. The summed E-state index contributed by atoms with van der Waals surface area (Å²) in [5.41, 5.74) is 6.62. The van der Waals surface area contributed by atoms with E-state index in [0.717, 1.165) is 0 Å². The van der Waals surface area contributed by atoms with Gasteiger partial charge in [-0.15, -0.1) is 0 Å². The van der Waals surface area contributed by atoms with Crippen molar-refractivity contribution in [1.29, 1.82) is 0 Å². The van der Waals surface area contributed by atoms with Crippen molar-refractivity contribution in [3.63, 3.8) is 0 Å². The van der Waals surface area contributed by atoms with Gasteiger partial charge < -0.3 is 15.2 Å². The van der Waals surface area contributed by atoms with Crippen LogP contribution >= 0.6 is 11.6 Å². The maximum Gasteiger partial charge on any atom is 0.325 e. The van der Waals surface area contributed by atoms with Gasteiger partial charge in [-0.2, -0.15) is 0 Å². The minimum Gasteiger partial charge on any atom is -0.461 e. The largest absolute Gasteiger partial charge is 0.461 e. The van der Waals surface area contributed by atoms with Crippen molar-refractivity contribution in [2.24, 2.45) is 5.73 Å². The highest BCUT2D eigenvalue weighted by atomic mass is 35.5. The third kappa shape index (κ3) is 5.07. The van der Waals surface area contributed by atoms with E-state index >= 15 is 0 Å². The van der Waals surface area contributed by atoms with Gasteiger partial charge in [0.25, 0.3) is 0 Å². The molecule has 0 aliphatic rings. The Hall–Kier alpha value is -3.41. The van der Waals surface area contributed by atoms with E-state index in [0.29, 0.717) is 21.7 Å². The number of nitrogens with two attached hydrogens (primary N) is 1. The van der Waals surface area contributed by atoms with Crippen molar-refractivity contribution < 1.29 is 19.1 Å². The number of ether oxygens (including phenoxy) is 2. The Labute approximate surface area is 192 Å². The molecule has 0 radical (unpaired) electrons. The van der Waals surface area contributed by atoms with Crippen LogP contribution in [0, 0.1) is 0 Å². The molecule has 0 saturated heterocycles. The number of rotatable bonds is 9. The van der Waals surface area contributed by atoms with Crippen LogP contribution in [-0.4, -0.2) is 24.6 Å². The van der Waals surface area contributed by atoms with Crippen LogP contribution < -0.4 is 5.73 Å². The van der Waals surface area contributed by atoms with Crippen LogP contribution in [0.25, 0.3) is 0 Å². The molecule has 0 heterocycles. The lowest BCUT2D eigenvalue weighted by Crippen LogP contribution is -2.43. The summed E-state index contributed by atoms with van der Waals surface area (Å²) in [6, 6.07) is 24.5. The van der Waals surface area contributed by atoms with E-state index in [9.17, 15) is 9.59 Å². The van der Waals surface area contributed by atoms with E-state index in [-0.39, 0.29) is 13.0 Å². The maximum absolute atomic E-state index is 13.2. The quantitative estimate of drug-likeness (QED) is 0.293. The normalized spacial score (nSPS) is 11.9. The number of esters is 2. The number of carbonyl (C=O) groups is 2. The molecule has 6 heteroatoms. The van der Waals surface area contributed by atoms with Gasteiger partial charge in [-0.05, 0) is 6.07 Å². The van der Waals surface area contributed by atoms with Crippen LogP contribution in [0.5, 0.6) is 0 Å². The Bertz CT molecular complexity index is 1030. The lowest BCUT2D eigenvalue weighted by molar-refractivity contribution is -0.158. The van der Waals surface area contributed by atoms with E-state index in [2.05, 4.69) is 6.58 Å². The maximum atomic E-state index is 13.2. The molecule has 5 nitrogen and oxygen atoms in total. The summed E-state index contributed by atoms with van der Waals surface area (Å²) in [4.78, 5) is 25.1. The average Bonchev–Trinajstić information content (AvgIpc) is 2.82. The molecule has 2 N–H and O–H groups in total. The molecule has 164 valence electrons. The van der Waals surface area contributed by atoms with Crippen LogP contribution in [0.3, 0.4) is 0 Å². The van der Waals surface area contributed by atoms with Gasteiger partial charge in [0.2, 0.25) is 0 Å². The predicted octanol–water partition coefficient (Wildman–Crippen LogP) is 4.62. The van der Waals surface area contributed by atoms with Gasteiger partial charge in [0.15, 0.2) is 5.60 Å². The van der Waals surface area contributed by atoms with Gasteiger partial charge in [0.1, 0.15) is 12.6 Å². The summed E-state index contributed by atoms with van der Waals surface area (Å²) in [5, 5.41) is 0.423. The molecule has 0 fully saturated rings. The topological polar surface area (TPSA) is 78.6 Å².